The van der Waals surface area contributed by atoms with Crippen molar-refractivity contribution in [3.63, 3.8) is 0 Å². The number of hydrogen-bond acceptors (Lipinski definition) is 2. The molecule has 0 bridgehead atoms. The summed E-state index contributed by atoms with van der Waals surface area (Å²) in [7, 11) is 0. The van der Waals surface area contributed by atoms with E-state index in [4.69, 9.17) is 0 Å². The van der Waals surface area contributed by atoms with Gasteiger partial charge >= 0.3 is 5.97 Å². The SMILES string of the molecule is CC(C)c1ccc(C(=O)C2(C(=O)O)CCC2)cc1. The fourth-order valence-electron chi connectivity index (χ4n) is 2.36. The predicted molar refractivity (Wildman–Crippen MR) is 68.8 cm³/mol. The molecule has 1 N–H and O–H groups in total. The van der Waals surface area contributed by atoms with E-state index in [9.17, 15) is 14.7 Å². The molecular weight excluding hydrogens is 228 g/mol. The monoisotopic (exact) mass is 246 g/mol. The Labute approximate surface area is 107 Å². The first kappa shape index (κ1) is 12.8. The molecule has 0 saturated heterocycles. The summed E-state index contributed by atoms with van der Waals surface area (Å²) >= 11 is 0. The van der Waals surface area contributed by atoms with Crippen molar-refractivity contribution in [1.82, 2.24) is 0 Å². The van der Waals surface area contributed by atoms with E-state index in [0.29, 0.717) is 24.3 Å². The van der Waals surface area contributed by atoms with Gasteiger partial charge in [-0.2, -0.15) is 0 Å². The summed E-state index contributed by atoms with van der Waals surface area (Å²) in [5, 5.41) is 9.24. The molecule has 0 spiro atoms. The Bertz CT molecular complexity index is 467. The highest BCUT2D eigenvalue weighted by molar-refractivity contribution is 6.12. The van der Waals surface area contributed by atoms with Crippen molar-refractivity contribution in [2.45, 2.75) is 39.0 Å². The molecule has 2 rings (SSSR count). The lowest BCUT2D eigenvalue weighted by Gasteiger charge is -2.36. The second-order valence-corrected chi connectivity index (χ2v) is 5.35. The third-order valence-corrected chi connectivity index (χ3v) is 3.89. The minimum Gasteiger partial charge on any atom is -0.480 e. The highest BCUT2D eigenvalue weighted by Crippen LogP contribution is 2.43. The second kappa shape index (κ2) is 4.56. The highest BCUT2D eigenvalue weighted by Gasteiger charge is 2.51. The average molecular weight is 246 g/mol. The number of ketones is 1. The lowest BCUT2D eigenvalue weighted by atomic mass is 9.64. The maximum absolute atomic E-state index is 12.3. The zero-order chi connectivity index (χ0) is 13.3. The molecule has 0 unspecified atom stereocenters. The van der Waals surface area contributed by atoms with Gasteiger partial charge in [-0.05, 0) is 24.3 Å². The van der Waals surface area contributed by atoms with Crippen LogP contribution in [0.2, 0.25) is 0 Å². The van der Waals surface area contributed by atoms with Crippen LogP contribution in [0.15, 0.2) is 24.3 Å². The number of aliphatic carboxylic acids is 1. The lowest BCUT2D eigenvalue weighted by molar-refractivity contribution is -0.150. The normalized spacial score (nSPS) is 17.3. The van der Waals surface area contributed by atoms with Crippen molar-refractivity contribution in [2.75, 3.05) is 0 Å². The smallest absolute Gasteiger partial charge is 0.317 e. The zero-order valence-corrected chi connectivity index (χ0v) is 10.8. The Morgan fingerprint density at radius 3 is 2.06 bits per heavy atom. The van der Waals surface area contributed by atoms with Gasteiger partial charge in [-0.3, -0.25) is 9.59 Å². The summed E-state index contributed by atoms with van der Waals surface area (Å²) in [6.45, 7) is 4.17. The summed E-state index contributed by atoms with van der Waals surface area (Å²) in [5.41, 5.74) is 0.519. The summed E-state index contributed by atoms with van der Waals surface area (Å²) in [4.78, 5) is 23.6. The Morgan fingerprint density at radius 2 is 1.72 bits per heavy atom. The van der Waals surface area contributed by atoms with Gasteiger partial charge in [-0.15, -0.1) is 0 Å². The van der Waals surface area contributed by atoms with Gasteiger partial charge in [-0.25, -0.2) is 0 Å². The third kappa shape index (κ3) is 1.94. The van der Waals surface area contributed by atoms with E-state index in [1.807, 2.05) is 12.1 Å². The first-order chi connectivity index (χ1) is 8.47. The zero-order valence-electron chi connectivity index (χ0n) is 10.8. The lowest BCUT2D eigenvalue weighted by Crippen LogP contribution is -2.45. The number of Topliss-reactive ketones (excluding diaryl/α,β-unsaturated/α-hetero) is 1. The predicted octanol–water partition coefficient (Wildman–Crippen LogP) is 3.25. The van der Waals surface area contributed by atoms with Crippen LogP contribution in [-0.2, 0) is 4.79 Å². The third-order valence-electron chi connectivity index (χ3n) is 3.89. The molecule has 0 amide bonds. The first-order valence-corrected chi connectivity index (χ1v) is 6.35. The molecule has 1 aliphatic carbocycles. The Hall–Kier alpha value is -1.64. The average Bonchev–Trinajstić information content (AvgIpc) is 2.27. The van der Waals surface area contributed by atoms with E-state index in [2.05, 4.69) is 13.8 Å². The van der Waals surface area contributed by atoms with Gasteiger partial charge in [0.2, 0.25) is 0 Å². The summed E-state index contributed by atoms with van der Waals surface area (Å²) < 4.78 is 0. The van der Waals surface area contributed by atoms with Crippen molar-refractivity contribution >= 4 is 11.8 Å². The highest BCUT2D eigenvalue weighted by atomic mass is 16.4. The van der Waals surface area contributed by atoms with E-state index < -0.39 is 11.4 Å². The van der Waals surface area contributed by atoms with Gasteiger partial charge in [0.1, 0.15) is 5.41 Å². The fourth-order valence-corrected chi connectivity index (χ4v) is 2.36. The Kier molecular flexibility index (Phi) is 3.24. The molecule has 0 aliphatic heterocycles. The molecule has 0 aromatic heterocycles. The van der Waals surface area contributed by atoms with Crippen LogP contribution < -0.4 is 0 Å². The minimum atomic E-state index is -1.15. The van der Waals surface area contributed by atoms with Gasteiger partial charge in [0.15, 0.2) is 5.78 Å². The Morgan fingerprint density at radius 1 is 1.17 bits per heavy atom. The number of carboxylic acid groups (broad SMARTS) is 1. The van der Waals surface area contributed by atoms with E-state index in [-0.39, 0.29) is 5.78 Å². The molecule has 3 nitrogen and oxygen atoms in total. The number of carboxylic acids is 1. The first-order valence-electron chi connectivity index (χ1n) is 6.35. The van der Waals surface area contributed by atoms with Gasteiger partial charge in [0.25, 0.3) is 0 Å². The van der Waals surface area contributed by atoms with Crippen LogP contribution in [0.3, 0.4) is 0 Å². The molecule has 18 heavy (non-hydrogen) atoms. The van der Waals surface area contributed by atoms with Gasteiger partial charge in [-0.1, -0.05) is 44.5 Å². The van der Waals surface area contributed by atoms with Gasteiger partial charge < -0.3 is 5.11 Å². The van der Waals surface area contributed by atoms with E-state index in [1.165, 1.54) is 0 Å². The van der Waals surface area contributed by atoms with Crippen molar-refractivity contribution in [3.05, 3.63) is 35.4 Å². The molecule has 0 heterocycles. The number of carbonyl (C=O) groups excluding carboxylic acids is 1. The van der Waals surface area contributed by atoms with E-state index in [1.54, 1.807) is 12.1 Å². The molecular formula is C15H18O3. The van der Waals surface area contributed by atoms with Crippen LogP contribution in [0.25, 0.3) is 0 Å². The molecule has 1 aromatic carbocycles. The van der Waals surface area contributed by atoms with Gasteiger partial charge in [0, 0.05) is 5.56 Å². The fraction of sp³-hybridized carbons (Fsp3) is 0.467. The Balaban J connectivity index is 2.26. The standard InChI is InChI=1S/C15H18O3/c1-10(2)11-4-6-12(7-5-11)13(16)15(14(17)18)8-3-9-15/h4-7,10H,3,8-9H2,1-2H3,(H,17,18). The van der Waals surface area contributed by atoms with Gasteiger partial charge in [0.05, 0.1) is 0 Å². The maximum atomic E-state index is 12.3. The van der Waals surface area contributed by atoms with Crippen LogP contribution in [0.5, 0.6) is 0 Å². The van der Waals surface area contributed by atoms with Crippen LogP contribution in [0, 0.1) is 5.41 Å². The molecule has 0 atom stereocenters. The minimum absolute atomic E-state index is 0.239. The van der Waals surface area contributed by atoms with Crippen molar-refractivity contribution in [3.8, 4) is 0 Å². The molecule has 96 valence electrons. The van der Waals surface area contributed by atoms with Crippen LogP contribution >= 0.6 is 0 Å². The van der Waals surface area contributed by atoms with Crippen molar-refractivity contribution in [2.24, 2.45) is 5.41 Å². The molecule has 1 aromatic rings. The number of hydrogen-bond donors (Lipinski definition) is 1. The van der Waals surface area contributed by atoms with E-state index in [0.717, 1.165) is 12.0 Å². The second-order valence-electron chi connectivity index (χ2n) is 5.35. The van der Waals surface area contributed by atoms with Crippen LogP contribution in [-0.4, -0.2) is 16.9 Å². The molecule has 3 heteroatoms. The van der Waals surface area contributed by atoms with Crippen molar-refractivity contribution < 1.29 is 14.7 Å². The van der Waals surface area contributed by atoms with E-state index >= 15 is 0 Å². The summed E-state index contributed by atoms with van der Waals surface area (Å²) in [6, 6.07) is 7.32. The molecule has 1 saturated carbocycles. The molecule has 0 radical (unpaired) electrons. The number of benzene rings is 1. The summed E-state index contributed by atoms with van der Waals surface area (Å²) in [6.07, 6.45) is 1.75. The number of rotatable bonds is 4. The largest absolute Gasteiger partial charge is 0.480 e. The quantitative estimate of drug-likeness (QED) is 0.655. The molecule has 1 fully saturated rings. The van der Waals surface area contributed by atoms with Crippen LogP contribution in [0.4, 0.5) is 0 Å². The van der Waals surface area contributed by atoms with Crippen LogP contribution in [0.1, 0.15) is 54.9 Å². The number of carbonyl (C=O) groups is 2. The molecule has 1 aliphatic rings. The maximum Gasteiger partial charge on any atom is 0.317 e. The summed E-state index contributed by atoms with van der Waals surface area (Å²) in [5.74, 6) is -0.811. The topological polar surface area (TPSA) is 54.4 Å². The van der Waals surface area contributed by atoms with Crippen molar-refractivity contribution in [1.29, 1.82) is 0 Å².